The Hall–Kier alpha value is -1.63. The number of esters is 1. The van der Waals surface area contributed by atoms with E-state index < -0.39 is 0 Å². The van der Waals surface area contributed by atoms with Crippen molar-refractivity contribution in [3.05, 3.63) is 44.9 Å². The standard InChI is InChI=1S/C14H13Cl2N3O2S/c1-2-21-13(20)6-12-8-22-14(18-12)19-17-7-9-3-10(15)5-11(16)4-9/h3-5,7-8H,2,6H2,1H3,(H,18,19). The van der Waals surface area contributed by atoms with Gasteiger partial charge in [-0.1, -0.05) is 23.2 Å². The minimum atomic E-state index is -0.295. The highest BCUT2D eigenvalue weighted by molar-refractivity contribution is 7.13. The highest BCUT2D eigenvalue weighted by Gasteiger charge is 2.07. The number of carbonyl (C=O) groups is 1. The summed E-state index contributed by atoms with van der Waals surface area (Å²) in [7, 11) is 0. The normalized spacial score (nSPS) is 10.9. The Morgan fingerprint density at radius 1 is 1.41 bits per heavy atom. The quantitative estimate of drug-likeness (QED) is 0.482. The van der Waals surface area contributed by atoms with Gasteiger partial charge >= 0.3 is 5.97 Å². The van der Waals surface area contributed by atoms with Crippen LogP contribution in [0.3, 0.4) is 0 Å². The smallest absolute Gasteiger partial charge is 0.311 e. The van der Waals surface area contributed by atoms with Crippen LogP contribution >= 0.6 is 34.5 Å². The number of thiazole rings is 1. The Morgan fingerprint density at radius 2 is 2.14 bits per heavy atom. The second kappa shape index (κ2) is 8.12. The van der Waals surface area contributed by atoms with Gasteiger partial charge in [-0.2, -0.15) is 5.10 Å². The minimum absolute atomic E-state index is 0.152. The van der Waals surface area contributed by atoms with Crippen molar-refractivity contribution in [3.8, 4) is 0 Å². The molecule has 1 N–H and O–H groups in total. The zero-order valence-corrected chi connectivity index (χ0v) is 14.0. The van der Waals surface area contributed by atoms with E-state index >= 15 is 0 Å². The summed E-state index contributed by atoms with van der Waals surface area (Å²) >= 11 is 13.2. The van der Waals surface area contributed by atoms with Crippen LogP contribution in [0, 0.1) is 0 Å². The van der Waals surface area contributed by atoms with Crippen molar-refractivity contribution in [2.75, 3.05) is 12.0 Å². The van der Waals surface area contributed by atoms with Gasteiger partial charge in [0, 0.05) is 15.4 Å². The molecule has 0 amide bonds. The molecule has 0 unspecified atom stereocenters. The molecule has 0 atom stereocenters. The molecule has 0 aliphatic rings. The van der Waals surface area contributed by atoms with E-state index in [-0.39, 0.29) is 12.4 Å². The summed E-state index contributed by atoms with van der Waals surface area (Å²) < 4.78 is 4.87. The number of hydrogen-bond donors (Lipinski definition) is 1. The van der Waals surface area contributed by atoms with Gasteiger partial charge in [0.15, 0.2) is 0 Å². The third kappa shape index (κ3) is 5.29. The predicted octanol–water partition coefficient (Wildman–Crippen LogP) is 4.00. The van der Waals surface area contributed by atoms with Crippen molar-refractivity contribution in [2.24, 2.45) is 5.10 Å². The van der Waals surface area contributed by atoms with Gasteiger partial charge in [-0.15, -0.1) is 11.3 Å². The van der Waals surface area contributed by atoms with Crippen LogP contribution in [0.25, 0.3) is 0 Å². The lowest BCUT2D eigenvalue weighted by atomic mass is 10.2. The molecule has 1 aromatic carbocycles. The summed E-state index contributed by atoms with van der Waals surface area (Å²) in [5.41, 5.74) is 4.21. The molecule has 0 aliphatic carbocycles. The number of carbonyl (C=O) groups excluding carboxylic acids is 1. The molecule has 0 spiro atoms. The average Bonchev–Trinajstić information content (AvgIpc) is 2.85. The third-order valence-electron chi connectivity index (χ3n) is 2.44. The Labute approximate surface area is 141 Å². The van der Waals surface area contributed by atoms with Crippen LogP contribution in [0.5, 0.6) is 0 Å². The van der Waals surface area contributed by atoms with Crippen LogP contribution in [0.4, 0.5) is 5.13 Å². The number of hydrazone groups is 1. The summed E-state index contributed by atoms with van der Waals surface area (Å²) in [6.45, 7) is 2.13. The highest BCUT2D eigenvalue weighted by atomic mass is 35.5. The number of rotatable bonds is 6. The molecule has 5 nitrogen and oxygen atoms in total. The van der Waals surface area contributed by atoms with E-state index in [2.05, 4.69) is 15.5 Å². The third-order valence-corrected chi connectivity index (χ3v) is 3.67. The minimum Gasteiger partial charge on any atom is -0.466 e. The van der Waals surface area contributed by atoms with Crippen molar-refractivity contribution >= 4 is 51.9 Å². The van der Waals surface area contributed by atoms with Crippen LogP contribution in [0.2, 0.25) is 10.0 Å². The van der Waals surface area contributed by atoms with Gasteiger partial charge in [0.05, 0.1) is 24.9 Å². The van der Waals surface area contributed by atoms with Crippen LogP contribution in [-0.4, -0.2) is 23.8 Å². The van der Waals surface area contributed by atoms with Crippen LogP contribution in [-0.2, 0) is 16.0 Å². The summed E-state index contributed by atoms with van der Waals surface area (Å²) in [5.74, 6) is -0.295. The second-order valence-corrected chi connectivity index (χ2v) is 5.93. The number of hydrogen-bond acceptors (Lipinski definition) is 6. The molecule has 8 heteroatoms. The molecule has 2 rings (SSSR count). The number of nitrogens with zero attached hydrogens (tertiary/aromatic N) is 2. The van der Waals surface area contributed by atoms with E-state index in [0.717, 1.165) is 5.56 Å². The molecule has 0 saturated carbocycles. The maximum Gasteiger partial charge on any atom is 0.311 e. The van der Waals surface area contributed by atoms with E-state index in [4.69, 9.17) is 27.9 Å². The first-order valence-electron chi connectivity index (χ1n) is 6.42. The molecule has 0 radical (unpaired) electrons. The molecule has 0 bridgehead atoms. The summed E-state index contributed by atoms with van der Waals surface area (Å²) in [5, 5.41) is 7.52. The number of ether oxygens (including phenoxy) is 1. The Bertz CT molecular complexity index is 668. The second-order valence-electron chi connectivity index (χ2n) is 4.20. The van der Waals surface area contributed by atoms with E-state index in [1.165, 1.54) is 11.3 Å². The monoisotopic (exact) mass is 357 g/mol. The Kier molecular flexibility index (Phi) is 6.18. The summed E-state index contributed by atoms with van der Waals surface area (Å²) in [4.78, 5) is 15.6. The fraction of sp³-hybridized carbons (Fsp3) is 0.214. The van der Waals surface area contributed by atoms with Gasteiger partial charge in [-0.05, 0) is 30.7 Å². The highest BCUT2D eigenvalue weighted by Crippen LogP contribution is 2.19. The van der Waals surface area contributed by atoms with E-state index in [0.29, 0.717) is 27.5 Å². The van der Waals surface area contributed by atoms with Crippen molar-refractivity contribution in [1.82, 2.24) is 4.98 Å². The lowest BCUT2D eigenvalue weighted by Gasteiger charge is -1.98. The van der Waals surface area contributed by atoms with Crippen LogP contribution < -0.4 is 5.43 Å². The first-order chi connectivity index (χ1) is 10.6. The molecule has 116 valence electrons. The number of aromatic nitrogens is 1. The van der Waals surface area contributed by atoms with Gasteiger partial charge in [0.2, 0.25) is 5.13 Å². The van der Waals surface area contributed by atoms with E-state index in [1.54, 1.807) is 36.7 Å². The van der Waals surface area contributed by atoms with Crippen molar-refractivity contribution in [1.29, 1.82) is 0 Å². The van der Waals surface area contributed by atoms with Gasteiger partial charge in [-0.3, -0.25) is 10.2 Å². The first-order valence-corrected chi connectivity index (χ1v) is 8.05. The Balaban J connectivity index is 1.93. The molecule has 0 aliphatic heterocycles. The zero-order valence-electron chi connectivity index (χ0n) is 11.7. The number of benzene rings is 1. The van der Waals surface area contributed by atoms with Gasteiger partial charge in [0.25, 0.3) is 0 Å². The lowest BCUT2D eigenvalue weighted by Crippen LogP contribution is -2.07. The van der Waals surface area contributed by atoms with Crippen molar-refractivity contribution < 1.29 is 9.53 Å². The molecular weight excluding hydrogens is 345 g/mol. The van der Waals surface area contributed by atoms with Crippen molar-refractivity contribution in [3.63, 3.8) is 0 Å². The van der Waals surface area contributed by atoms with Crippen LogP contribution in [0.15, 0.2) is 28.7 Å². The first kappa shape index (κ1) is 16.7. The molecule has 1 heterocycles. The maximum absolute atomic E-state index is 11.4. The van der Waals surface area contributed by atoms with E-state index in [1.807, 2.05) is 0 Å². The van der Waals surface area contributed by atoms with Gasteiger partial charge in [-0.25, -0.2) is 4.98 Å². The predicted molar refractivity (Wildman–Crippen MR) is 90.1 cm³/mol. The fourth-order valence-corrected chi connectivity index (χ4v) is 2.81. The number of halogens is 2. The van der Waals surface area contributed by atoms with Gasteiger partial charge in [0.1, 0.15) is 0 Å². The fourth-order valence-electron chi connectivity index (χ4n) is 1.61. The van der Waals surface area contributed by atoms with Crippen LogP contribution in [0.1, 0.15) is 18.2 Å². The van der Waals surface area contributed by atoms with Crippen molar-refractivity contribution in [2.45, 2.75) is 13.3 Å². The average molecular weight is 358 g/mol. The topological polar surface area (TPSA) is 63.6 Å². The molecular formula is C14H13Cl2N3O2S. The van der Waals surface area contributed by atoms with Gasteiger partial charge < -0.3 is 4.74 Å². The zero-order chi connectivity index (χ0) is 15.9. The molecule has 1 aromatic heterocycles. The maximum atomic E-state index is 11.4. The largest absolute Gasteiger partial charge is 0.466 e. The number of nitrogens with one attached hydrogen (secondary N) is 1. The Morgan fingerprint density at radius 3 is 2.82 bits per heavy atom. The molecule has 0 fully saturated rings. The lowest BCUT2D eigenvalue weighted by molar-refractivity contribution is -0.142. The van der Waals surface area contributed by atoms with E-state index in [9.17, 15) is 4.79 Å². The summed E-state index contributed by atoms with van der Waals surface area (Å²) in [6, 6.07) is 5.13. The molecule has 2 aromatic rings. The SMILES string of the molecule is CCOC(=O)Cc1csc(NN=Cc2cc(Cl)cc(Cl)c2)n1. The number of anilines is 1. The molecule has 0 saturated heterocycles. The summed E-state index contributed by atoms with van der Waals surface area (Å²) in [6.07, 6.45) is 1.74. The molecule has 22 heavy (non-hydrogen) atoms.